The van der Waals surface area contributed by atoms with Gasteiger partial charge in [-0.05, 0) is 6.07 Å². The molecular weight excluding hydrogens is 294 g/mol. The number of rotatable bonds is 8. The summed E-state index contributed by atoms with van der Waals surface area (Å²) in [6.07, 6.45) is 1.42. The first-order valence-corrected chi connectivity index (χ1v) is 6.94. The first-order chi connectivity index (χ1) is 10.3. The predicted molar refractivity (Wildman–Crippen MR) is 81.3 cm³/mol. The lowest BCUT2D eigenvalue weighted by Gasteiger charge is -2.12. The number of aromatic nitrogens is 2. The Morgan fingerprint density at radius 2 is 1.90 bits per heavy atom. The van der Waals surface area contributed by atoms with Gasteiger partial charge in [0.2, 0.25) is 0 Å². The van der Waals surface area contributed by atoms with E-state index in [4.69, 9.17) is 25.8 Å². The van der Waals surface area contributed by atoms with Gasteiger partial charge in [0, 0.05) is 31.7 Å². The summed E-state index contributed by atoms with van der Waals surface area (Å²) in [7, 11) is 3.26. The van der Waals surface area contributed by atoms with E-state index in [0.717, 1.165) is 24.0 Å². The Balaban J connectivity index is 2.05. The zero-order valence-electron chi connectivity index (χ0n) is 12.1. The number of methoxy groups -OCH3 is 2. The van der Waals surface area contributed by atoms with Crippen molar-refractivity contribution in [3.63, 3.8) is 0 Å². The third kappa shape index (κ3) is 4.17. The lowest BCUT2D eigenvalue weighted by Crippen LogP contribution is -2.24. The van der Waals surface area contributed by atoms with Crippen LogP contribution in [-0.2, 0) is 4.74 Å². The molecule has 114 valence electrons. The van der Waals surface area contributed by atoms with Gasteiger partial charge in [-0.3, -0.25) is 0 Å². The minimum atomic E-state index is 0.395. The number of halogens is 1. The topological polar surface area (TPSA) is 65.5 Å². The summed E-state index contributed by atoms with van der Waals surface area (Å²) in [6, 6.07) is 3.59. The van der Waals surface area contributed by atoms with Gasteiger partial charge in [0.1, 0.15) is 18.1 Å². The Morgan fingerprint density at radius 1 is 1.10 bits per heavy atom. The largest absolute Gasteiger partial charge is 0.493 e. The molecule has 1 aromatic carbocycles. The SMILES string of the molecule is COCCNCCOc1cc2ncnc(Cl)c2cc1OC. The van der Waals surface area contributed by atoms with Gasteiger partial charge in [0.15, 0.2) is 11.5 Å². The number of ether oxygens (including phenoxy) is 3. The molecule has 0 saturated heterocycles. The maximum atomic E-state index is 6.04. The molecule has 7 heteroatoms. The molecule has 6 nitrogen and oxygen atoms in total. The third-order valence-corrected chi connectivity index (χ3v) is 3.19. The van der Waals surface area contributed by atoms with Crippen LogP contribution in [0.25, 0.3) is 10.9 Å². The molecule has 0 spiro atoms. The third-order valence-electron chi connectivity index (χ3n) is 2.89. The molecule has 2 aromatic rings. The van der Waals surface area contributed by atoms with E-state index < -0.39 is 0 Å². The molecule has 21 heavy (non-hydrogen) atoms. The lowest BCUT2D eigenvalue weighted by atomic mass is 10.2. The van der Waals surface area contributed by atoms with E-state index in [1.165, 1.54) is 6.33 Å². The summed E-state index contributed by atoms with van der Waals surface area (Å²) in [6.45, 7) is 2.70. The number of nitrogens with one attached hydrogen (secondary N) is 1. The second kappa shape index (κ2) is 7.97. The summed E-state index contributed by atoms with van der Waals surface area (Å²) in [5.41, 5.74) is 0.721. The number of fused-ring (bicyclic) bond motifs is 1. The van der Waals surface area contributed by atoms with E-state index in [0.29, 0.717) is 29.9 Å². The Bertz CT molecular complexity index is 595. The monoisotopic (exact) mass is 311 g/mol. The maximum Gasteiger partial charge on any atom is 0.163 e. The van der Waals surface area contributed by atoms with Crippen LogP contribution >= 0.6 is 11.6 Å². The molecule has 0 aliphatic rings. The predicted octanol–water partition coefficient (Wildman–Crippen LogP) is 1.91. The molecule has 0 fully saturated rings. The van der Waals surface area contributed by atoms with Crippen molar-refractivity contribution in [1.29, 1.82) is 0 Å². The molecule has 0 atom stereocenters. The van der Waals surface area contributed by atoms with Gasteiger partial charge in [-0.15, -0.1) is 0 Å². The molecule has 0 aliphatic carbocycles. The van der Waals surface area contributed by atoms with Crippen LogP contribution in [0.3, 0.4) is 0 Å². The molecule has 0 bridgehead atoms. The van der Waals surface area contributed by atoms with Gasteiger partial charge in [-0.1, -0.05) is 11.6 Å². The highest BCUT2D eigenvalue weighted by Gasteiger charge is 2.10. The highest BCUT2D eigenvalue weighted by atomic mass is 35.5. The van der Waals surface area contributed by atoms with Crippen molar-refractivity contribution in [2.45, 2.75) is 0 Å². The van der Waals surface area contributed by atoms with Gasteiger partial charge in [0.25, 0.3) is 0 Å². The fourth-order valence-corrected chi connectivity index (χ4v) is 2.03. The van der Waals surface area contributed by atoms with Crippen LogP contribution in [0.5, 0.6) is 11.5 Å². The van der Waals surface area contributed by atoms with Crippen LogP contribution in [0.1, 0.15) is 0 Å². The van der Waals surface area contributed by atoms with Crippen LogP contribution < -0.4 is 14.8 Å². The van der Waals surface area contributed by atoms with Crippen molar-refractivity contribution < 1.29 is 14.2 Å². The summed E-state index contributed by atoms with van der Waals surface area (Å²) in [4.78, 5) is 8.14. The molecule has 1 N–H and O–H groups in total. The van der Waals surface area contributed by atoms with Crippen LogP contribution in [-0.4, -0.2) is 50.5 Å². The molecule has 1 heterocycles. The molecule has 0 radical (unpaired) electrons. The van der Waals surface area contributed by atoms with Gasteiger partial charge in [-0.25, -0.2) is 9.97 Å². The van der Waals surface area contributed by atoms with Crippen LogP contribution in [0.2, 0.25) is 5.15 Å². The molecule has 0 aliphatic heterocycles. The number of hydrogen-bond donors (Lipinski definition) is 1. The Kier molecular flexibility index (Phi) is 5.98. The second-order valence-corrected chi connectivity index (χ2v) is 4.63. The highest BCUT2D eigenvalue weighted by molar-refractivity contribution is 6.34. The molecule has 2 rings (SSSR count). The van der Waals surface area contributed by atoms with E-state index in [-0.39, 0.29) is 0 Å². The van der Waals surface area contributed by atoms with Crippen molar-refractivity contribution in [3.05, 3.63) is 23.6 Å². The first kappa shape index (κ1) is 15.8. The quantitative estimate of drug-likeness (QED) is 0.593. The van der Waals surface area contributed by atoms with Crippen molar-refractivity contribution in [3.8, 4) is 11.5 Å². The minimum Gasteiger partial charge on any atom is -0.493 e. The average Bonchev–Trinajstić information content (AvgIpc) is 2.50. The number of hydrogen-bond acceptors (Lipinski definition) is 6. The zero-order chi connectivity index (χ0) is 15.1. The summed E-state index contributed by atoms with van der Waals surface area (Å²) in [5.74, 6) is 1.24. The Labute approximate surface area is 128 Å². The van der Waals surface area contributed by atoms with Crippen molar-refractivity contribution in [2.24, 2.45) is 0 Å². The van der Waals surface area contributed by atoms with E-state index >= 15 is 0 Å². The van der Waals surface area contributed by atoms with Gasteiger partial charge >= 0.3 is 0 Å². The zero-order valence-corrected chi connectivity index (χ0v) is 12.8. The highest BCUT2D eigenvalue weighted by Crippen LogP contribution is 2.33. The van der Waals surface area contributed by atoms with Gasteiger partial charge in [-0.2, -0.15) is 0 Å². The van der Waals surface area contributed by atoms with Crippen molar-refractivity contribution in [1.82, 2.24) is 15.3 Å². The first-order valence-electron chi connectivity index (χ1n) is 6.57. The number of nitrogens with zero attached hydrogens (tertiary/aromatic N) is 2. The standard InChI is InChI=1S/C14H18ClN3O3/c1-19-5-3-16-4-6-21-13-8-11-10(7-12(13)20-2)14(15)18-9-17-11/h7-9,16H,3-6H2,1-2H3. The van der Waals surface area contributed by atoms with Crippen LogP contribution in [0.4, 0.5) is 0 Å². The van der Waals surface area contributed by atoms with Crippen LogP contribution in [0, 0.1) is 0 Å². The summed E-state index contributed by atoms with van der Waals surface area (Å²) < 4.78 is 16.0. The molecular formula is C14H18ClN3O3. The molecule has 1 aromatic heterocycles. The average molecular weight is 312 g/mol. The smallest absolute Gasteiger partial charge is 0.163 e. The summed E-state index contributed by atoms with van der Waals surface area (Å²) >= 11 is 6.04. The van der Waals surface area contributed by atoms with Gasteiger partial charge < -0.3 is 19.5 Å². The van der Waals surface area contributed by atoms with Crippen molar-refractivity contribution >= 4 is 22.5 Å². The van der Waals surface area contributed by atoms with E-state index in [9.17, 15) is 0 Å². The minimum absolute atomic E-state index is 0.395. The second-order valence-electron chi connectivity index (χ2n) is 4.28. The van der Waals surface area contributed by atoms with Crippen molar-refractivity contribution in [2.75, 3.05) is 40.5 Å². The fourth-order valence-electron chi connectivity index (χ4n) is 1.84. The maximum absolute atomic E-state index is 6.04. The lowest BCUT2D eigenvalue weighted by molar-refractivity contribution is 0.196. The summed E-state index contributed by atoms with van der Waals surface area (Å²) in [5, 5.41) is 4.33. The number of benzene rings is 1. The Morgan fingerprint density at radius 3 is 2.67 bits per heavy atom. The van der Waals surface area contributed by atoms with Crippen LogP contribution in [0.15, 0.2) is 18.5 Å². The van der Waals surface area contributed by atoms with E-state index in [2.05, 4.69) is 15.3 Å². The fraction of sp³-hybridized carbons (Fsp3) is 0.429. The van der Waals surface area contributed by atoms with E-state index in [1.54, 1.807) is 26.4 Å². The van der Waals surface area contributed by atoms with E-state index in [1.807, 2.05) is 0 Å². The normalized spacial score (nSPS) is 10.8. The molecule has 0 unspecified atom stereocenters. The Hall–Kier alpha value is -1.63. The molecule has 0 saturated carbocycles. The van der Waals surface area contributed by atoms with Gasteiger partial charge in [0.05, 0.1) is 19.2 Å². The molecule has 0 amide bonds.